The van der Waals surface area contributed by atoms with Crippen molar-refractivity contribution in [3.05, 3.63) is 22.8 Å². The summed E-state index contributed by atoms with van der Waals surface area (Å²) in [6.45, 7) is 2.77. The van der Waals surface area contributed by atoms with Crippen LogP contribution in [0.4, 0.5) is 5.82 Å². The molecule has 2 rings (SSSR count). The Kier molecular flexibility index (Phi) is 4.93. The number of pyridine rings is 1. The number of carbonyl (C=O) groups is 1. The molecule has 1 aliphatic rings. The Bertz CT molecular complexity index is 453. The fourth-order valence-electron chi connectivity index (χ4n) is 2.39. The minimum Gasteiger partial charge on any atom is -0.378 e. The number of ether oxygens (including phenoxy) is 1. The Morgan fingerprint density at radius 1 is 1.63 bits per heavy atom. The van der Waals surface area contributed by atoms with Crippen LogP contribution in [0, 0.1) is 5.92 Å². The third-order valence-electron chi connectivity index (χ3n) is 3.56. The molecule has 1 saturated heterocycles. The maximum Gasteiger partial charge on any atom is 0.231 e. The minimum atomic E-state index is 0.0395. The van der Waals surface area contributed by atoms with E-state index in [1.807, 2.05) is 12.1 Å². The van der Waals surface area contributed by atoms with Crippen LogP contribution >= 0.6 is 15.9 Å². The van der Waals surface area contributed by atoms with E-state index in [-0.39, 0.29) is 17.9 Å². The van der Waals surface area contributed by atoms with Crippen molar-refractivity contribution >= 4 is 27.7 Å². The van der Waals surface area contributed by atoms with Crippen LogP contribution in [0.5, 0.6) is 0 Å². The van der Waals surface area contributed by atoms with Crippen molar-refractivity contribution in [3.63, 3.8) is 0 Å². The molecule has 5 heteroatoms. The highest BCUT2D eigenvalue weighted by Gasteiger charge is 2.30. The Balaban J connectivity index is 2.09. The normalized spacial score (nSPS) is 23.1. The quantitative estimate of drug-likeness (QED) is 0.857. The maximum absolute atomic E-state index is 12.5. The molecule has 2 atom stereocenters. The molecule has 1 fully saturated rings. The summed E-state index contributed by atoms with van der Waals surface area (Å²) in [6, 6.07) is 3.73. The van der Waals surface area contributed by atoms with E-state index in [0.717, 1.165) is 23.7 Å². The molecule has 1 aliphatic heterocycles. The number of hydrogen-bond acceptors (Lipinski definition) is 3. The summed E-state index contributed by atoms with van der Waals surface area (Å²) < 4.78 is 6.46. The van der Waals surface area contributed by atoms with Gasteiger partial charge in [-0.25, -0.2) is 4.98 Å². The zero-order chi connectivity index (χ0) is 13.8. The first-order chi connectivity index (χ1) is 9.13. The van der Waals surface area contributed by atoms with Crippen LogP contribution in [-0.2, 0) is 9.53 Å². The lowest BCUT2D eigenvalue weighted by atomic mass is 9.93. The lowest BCUT2D eigenvalue weighted by molar-refractivity contribution is -0.127. The van der Waals surface area contributed by atoms with E-state index in [1.165, 1.54) is 0 Å². The van der Waals surface area contributed by atoms with Gasteiger partial charge in [-0.05, 0) is 47.3 Å². The molecule has 0 radical (unpaired) electrons. The van der Waals surface area contributed by atoms with Crippen LogP contribution < -0.4 is 4.90 Å². The highest BCUT2D eigenvalue weighted by atomic mass is 79.9. The second-order valence-electron chi connectivity index (χ2n) is 4.83. The number of carbonyl (C=O) groups excluding carboxylic acids is 1. The van der Waals surface area contributed by atoms with Crippen molar-refractivity contribution < 1.29 is 9.53 Å². The topological polar surface area (TPSA) is 42.4 Å². The molecule has 0 aromatic carbocycles. The molecule has 19 heavy (non-hydrogen) atoms. The summed E-state index contributed by atoms with van der Waals surface area (Å²) in [6.07, 6.45) is 4.47. The van der Waals surface area contributed by atoms with E-state index in [9.17, 15) is 4.79 Å². The third kappa shape index (κ3) is 3.34. The molecule has 0 spiro atoms. The largest absolute Gasteiger partial charge is 0.378 e. The Morgan fingerprint density at radius 2 is 2.42 bits per heavy atom. The van der Waals surface area contributed by atoms with Gasteiger partial charge in [0, 0.05) is 25.8 Å². The van der Waals surface area contributed by atoms with Gasteiger partial charge in [0.2, 0.25) is 5.91 Å². The summed E-state index contributed by atoms with van der Waals surface area (Å²) >= 11 is 3.43. The number of hydrogen-bond donors (Lipinski definition) is 0. The van der Waals surface area contributed by atoms with Crippen LogP contribution in [0.1, 0.15) is 26.2 Å². The second kappa shape index (κ2) is 6.48. The van der Waals surface area contributed by atoms with E-state index in [4.69, 9.17) is 4.74 Å². The summed E-state index contributed by atoms with van der Waals surface area (Å²) in [7, 11) is 1.78. The predicted molar refractivity (Wildman–Crippen MR) is 78.1 cm³/mol. The lowest BCUT2D eigenvalue weighted by Crippen LogP contribution is -2.38. The predicted octanol–water partition coefficient (Wildman–Crippen LogP) is 3.01. The molecular weight excluding hydrogens is 308 g/mol. The molecule has 0 N–H and O–H groups in total. The summed E-state index contributed by atoms with van der Waals surface area (Å²) in [5.74, 6) is 0.839. The number of amides is 1. The van der Waals surface area contributed by atoms with E-state index in [0.29, 0.717) is 12.4 Å². The molecule has 0 unspecified atom stereocenters. The zero-order valence-electron chi connectivity index (χ0n) is 11.3. The Morgan fingerprint density at radius 3 is 3.11 bits per heavy atom. The Labute approximate surface area is 122 Å². The van der Waals surface area contributed by atoms with Gasteiger partial charge in [0.05, 0.1) is 10.6 Å². The van der Waals surface area contributed by atoms with Crippen LogP contribution in [0.2, 0.25) is 0 Å². The first kappa shape index (κ1) is 14.5. The molecule has 4 nitrogen and oxygen atoms in total. The van der Waals surface area contributed by atoms with Crippen LogP contribution in [-0.4, -0.2) is 30.6 Å². The van der Waals surface area contributed by atoms with E-state index in [2.05, 4.69) is 27.8 Å². The number of aromatic nitrogens is 1. The number of nitrogens with zero attached hydrogens (tertiary/aromatic N) is 2. The summed E-state index contributed by atoms with van der Waals surface area (Å²) in [4.78, 5) is 18.4. The van der Waals surface area contributed by atoms with Crippen molar-refractivity contribution in [1.82, 2.24) is 4.98 Å². The van der Waals surface area contributed by atoms with Crippen LogP contribution in [0.15, 0.2) is 22.8 Å². The first-order valence-electron chi connectivity index (χ1n) is 6.63. The molecule has 0 aliphatic carbocycles. The van der Waals surface area contributed by atoms with Gasteiger partial charge in [-0.3, -0.25) is 9.69 Å². The average Bonchev–Trinajstić information content (AvgIpc) is 2.46. The molecule has 0 bridgehead atoms. The van der Waals surface area contributed by atoms with E-state index in [1.54, 1.807) is 18.1 Å². The molecule has 1 aromatic heterocycles. The van der Waals surface area contributed by atoms with Gasteiger partial charge >= 0.3 is 0 Å². The van der Waals surface area contributed by atoms with E-state index >= 15 is 0 Å². The number of anilines is 1. The summed E-state index contributed by atoms with van der Waals surface area (Å²) in [5.41, 5.74) is 0. The average molecular weight is 327 g/mol. The standard InChI is InChI=1S/C14H19BrN2O2/c1-3-11-9-10(6-8-19-11)14(18)17(2)13-12(15)5-4-7-16-13/h4-5,7,10-11H,3,6,8-9H2,1-2H3/t10-,11+/m0/s1. The van der Waals surface area contributed by atoms with Crippen LogP contribution in [0.25, 0.3) is 0 Å². The molecule has 2 heterocycles. The smallest absolute Gasteiger partial charge is 0.231 e. The van der Waals surface area contributed by atoms with Crippen molar-refractivity contribution in [2.24, 2.45) is 5.92 Å². The molecule has 104 valence electrons. The van der Waals surface area contributed by atoms with E-state index < -0.39 is 0 Å². The second-order valence-corrected chi connectivity index (χ2v) is 5.68. The highest BCUT2D eigenvalue weighted by Crippen LogP contribution is 2.28. The zero-order valence-corrected chi connectivity index (χ0v) is 12.9. The molecule has 1 amide bonds. The van der Waals surface area contributed by atoms with Crippen molar-refractivity contribution in [2.75, 3.05) is 18.6 Å². The van der Waals surface area contributed by atoms with Gasteiger partial charge < -0.3 is 4.74 Å². The first-order valence-corrected chi connectivity index (χ1v) is 7.42. The SMILES string of the molecule is CC[C@@H]1C[C@@H](C(=O)N(C)c2ncccc2Br)CCO1. The molecule has 1 aromatic rings. The van der Waals surface area contributed by atoms with Gasteiger partial charge in [0.1, 0.15) is 5.82 Å². The van der Waals surface area contributed by atoms with Crippen molar-refractivity contribution in [2.45, 2.75) is 32.3 Å². The Hall–Kier alpha value is -0.940. The minimum absolute atomic E-state index is 0.0395. The maximum atomic E-state index is 12.5. The lowest BCUT2D eigenvalue weighted by Gasteiger charge is -2.30. The fraction of sp³-hybridized carbons (Fsp3) is 0.571. The molecule has 0 saturated carbocycles. The summed E-state index contributed by atoms with van der Waals surface area (Å²) in [5, 5.41) is 0. The van der Waals surface area contributed by atoms with Gasteiger partial charge in [0.15, 0.2) is 0 Å². The van der Waals surface area contributed by atoms with Gasteiger partial charge in [-0.15, -0.1) is 0 Å². The van der Waals surface area contributed by atoms with Crippen molar-refractivity contribution in [3.8, 4) is 0 Å². The molecular formula is C14H19BrN2O2. The highest BCUT2D eigenvalue weighted by molar-refractivity contribution is 9.10. The van der Waals surface area contributed by atoms with Gasteiger partial charge in [0.25, 0.3) is 0 Å². The van der Waals surface area contributed by atoms with Gasteiger partial charge in [-0.1, -0.05) is 6.92 Å². The fourth-order valence-corrected chi connectivity index (χ4v) is 2.91. The van der Waals surface area contributed by atoms with Gasteiger partial charge in [-0.2, -0.15) is 0 Å². The number of halogens is 1. The third-order valence-corrected chi connectivity index (χ3v) is 4.18. The monoisotopic (exact) mass is 326 g/mol. The number of rotatable bonds is 3. The van der Waals surface area contributed by atoms with Crippen molar-refractivity contribution in [1.29, 1.82) is 0 Å². The van der Waals surface area contributed by atoms with Crippen LogP contribution in [0.3, 0.4) is 0 Å².